The number of rotatable bonds is 3. The zero-order chi connectivity index (χ0) is 11.1. The van der Waals surface area contributed by atoms with Crippen molar-refractivity contribution in [2.45, 2.75) is 6.42 Å². The monoisotopic (exact) mass is 203 g/mol. The first-order chi connectivity index (χ1) is 7.27. The van der Waals surface area contributed by atoms with Gasteiger partial charge in [0, 0.05) is 18.5 Å². The number of nitrogens with one attached hydrogen (secondary N) is 1. The third-order valence-electron chi connectivity index (χ3n) is 1.89. The van der Waals surface area contributed by atoms with Gasteiger partial charge < -0.3 is 10.4 Å². The molecule has 0 fully saturated rings. The largest absolute Gasteiger partial charge is 0.507 e. The Labute approximate surface area is 89.1 Å². The van der Waals surface area contributed by atoms with E-state index in [0.717, 1.165) is 18.5 Å². The quantitative estimate of drug-likeness (QED) is 0.440. The fourth-order valence-electron chi connectivity index (χ4n) is 1.08. The molecule has 0 aliphatic carbocycles. The van der Waals surface area contributed by atoms with E-state index in [1.165, 1.54) is 6.07 Å². The van der Waals surface area contributed by atoms with Gasteiger partial charge >= 0.3 is 0 Å². The van der Waals surface area contributed by atoms with Crippen LogP contribution in [-0.2, 0) is 0 Å². The molecule has 3 heteroatoms. The van der Waals surface area contributed by atoms with E-state index >= 15 is 0 Å². The average Bonchev–Trinajstić information content (AvgIpc) is 2.26. The number of phenols is 1. The van der Waals surface area contributed by atoms with E-state index in [-0.39, 0.29) is 11.3 Å². The summed E-state index contributed by atoms with van der Waals surface area (Å²) < 4.78 is 0. The highest BCUT2D eigenvalue weighted by molar-refractivity contribution is 5.79. The summed E-state index contributed by atoms with van der Waals surface area (Å²) in [5.74, 6) is 5.88. The molecule has 0 heterocycles. The molecule has 0 amide bonds. The molecular formula is C12H13NO2. The predicted molar refractivity (Wildman–Crippen MR) is 58.9 cm³/mol. The zero-order valence-electron chi connectivity index (χ0n) is 8.58. The number of carbonyl (C=O) groups is 1. The lowest BCUT2D eigenvalue weighted by molar-refractivity contribution is 0.112. The summed E-state index contributed by atoms with van der Waals surface area (Å²) in [6, 6.07) is 4.75. The molecule has 0 aliphatic heterocycles. The van der Waals surface area contributed by atoms with Crippen LogP contribution in [0.4, 0.5) is 0 Å². The van der Waals surface area contributed by atoms with Crippen LogP contribution in [-0.4, -0.2) is 25.0 Å². The van der Waals surface area contributed by atoms with Gasteiger partial charge in [0.05, 0.1) is 5.56 Å². The number of phenolic OH excluding ortho intramolecular Hbond substituents is 1. The van der Waals surface area contributed by atoms with E-state index in [1.807, 2.05) is 7.05 Å². The van der Waals surface area contributed by atoms with Crippen LogP contribution in [0.2, 0.25) is 0 Å². The van der Waals surface area contributed by atoms with Gasteiger partial charge in [0.25, 0.3) is 0 Å². The molecule has 0 spiro atoms. The highest BCUT2D eigenvalue weighted by Crippen LogP contribution is 2.15. The summed E-state index contributed by atoms with van der Waals surface area (Å²) in [6.07, 6.45) is 1.38. The van der Waals surface area contributed by atoms with Crippen LogP contribution in [0.15, 0.2) is 18.2 Å². The van der Waals surface area contributed by atoms with E-state index in [9.17, 15) is 9.90 Å². The van der Waals surface area contributed by atoms with Gasteiger partial charge in [-0.2, -0.15) is 0 Å². The Bertz CT molecular complexity index is 402. The van der Waals surface area contributed by atoms with Crippen molar-refractivity contribution in [3.8, 4) is 17.6 Å². The molecule has 0 aromatic heterocycles. The minimum Gasteiger partial charge on any atom is -0.507 e. The fourth-order valence-corrected chi connectivity index (χ4v) is 1.08. The van der Waals surface area contributed by atoms with E-state index in [4.69, 9.17) is 0 Å². The first-order valence-electron chi connectivity index (χ1n) is 4.69. The van der Waals surface area contributed by atoms with Crippen LogP contribution in [0, 0.1) is 11.8 Å². The summed E-state index contributed by atoms with van der Waals surface area (Å²) in [6.45, 7) is 0.839. The van der Waals surface area contributed by atoms with Crippen LogP contribution in [0.3, 0.4) is 0 Å². The zero-order valence-corrected chi connectivity index (χ0v) is 8.58. The predicted octanol–water partition coefficient (Wildman–Crippen LogP) is 1.17. The van der Waals surface area contributed by atoms with Crippen LogP contribution < -0.4 is 5.32 Å². The number of hydrogen-bond donors (Lipinski definition) is 2. The second-order valence-corrected chi connectivity index (χ2v) is 3.05. The van der Waals surface area contributed by atoms with Crippen molar-refractivity contribution < 1.29 is 9.90 Å². The van der Waals surface area contributed by atoms with Crippen molar-refractivity contribution in [1.29, 1.82) is 0 Å². The van der Waals surface area contributed by atoms with Gasteiger partial charge in [-0.1, -0.05) is 11.8 Å². The Morgan fingerprint density at radius 3 is 3.00 bits per heavy atom. The molecule has 2 N–H and O–H groups in total. The minimum atomic E-state index is -0.00854. The highest BCUT2D eigenvalue weighted by atomic mass is 16.3. The van der Waals surface area contributed by atoms with Crippen LogP contribution >= 0.6 is 0 Å². The summed E-state index contributed by atoms with van der Waals surface area (Å²) >= 11 is 0. The number of carbonyl (C=O) groups excluding carboxylic acids is 1. The maximum atomic E-state index is 10.5. The van der Waals surface area contributed by atoms with E-state index in [1.54, 1.807) is 12.1 Å². The Morgan fingerprint density at radius 2 is 2.33 bits per heavy atom. The Morgan fingerprint density at radius 1 is 1.53 bits per heavy atom. The van der Waals surface area contributed by atoms with Crippen LogP contribution in [0.1, 0.15) is 22.3 Å². The first kappa shape index (κ1) is 11.3. The lowest BCUT2D eigenvalue weighted by atomic mass is 10.1. The molecule has 78 valence electrons. The maximum Gasteiger partial charge on any atom is 0.153 e. The Balaban J connectivity index is 2.76. The number of hydrogen-bond acceptors (Lipinski definition) is 3. The first-order valence-corrected chi connectivity index (χ1v) is 4.69. The van der Waals surface area contributed by atoms with Crippen molar-refractivity contribution in [3.05, 3.63) is 29.3 Å². The third-order valence-corrected chi connectivity index (χ3v) is 1.89. The molecule has 1 aromatic carbocycles. The molecule has 3 nitrogen and oxygen atoms in total. The highest BCUT2D eigenvalue weighted by Gasteiger charge is 1.98. The van der Waals surface area contributed by atoms with Gasteiger partial charge in [-0.15, -0.1) is 0 Å². The van der Waals surface area contributed by atoms with E-state index < -0.39 is 0 Å². The number of benzene rings is 1. The average molecular weight is 203 g/mol. The molecule has 0 bridgehead atoms. The Hall–Kier alpha value is -1.79. The normalized spacial score (nSPS) is 9.13. The summed E-state index contributed by atoms with van der Waals surface area (Å²) in [7, 11) is 1.87. The molecule has 0 atom stereocenters. The van der Waals surface area contributed by atoms with Crippen molar-refractivity contribution in [2.75, 3.05) is 13.6 Å². The lowest BCUT2D eigenvalue weighted by Gasteiger charge is -1.96. The fraction of sp³-hybridized carbons (Fsp3) is 0.250. The molecule has 0 radical (unpaired) electrons. The van der Waals surface area contributed by atoms with Crippen LogP contribution in [0.25, 0.3) is 0 Å². The van der Waals surface area contributed by atoms with Gasteiger partial charge in [0.15, 0.2) is 6.29 Å². The molecular weight excluding hydrogens is 190 g/mol. The van der Waals surface area contributed by atoms with Crippen molar-refractivity contribution >= 4 is 6.29 Å². The second kappa shape index (κ2) is 5.84. The van der Waals surface area contributed by atoms with Crippen molar-refractivity contribution in [2.24, 2.45) is 0 Å². The SMILES string of the molecule is CNCCC#Cc1ccc(O)c(C=O)c1. The standard InChI is InChI=1S/C12H13NO2/c1-13-7-3-2-4-10-5-6-12(15)11(8-10)9-14/h5-6,8-9,13,15H,3,7H2,1H3. The smallest absolute Gasteiger partial charge is 0.153 e. The molecule has 0 unspecified atom stereocenters. The summed E-state index contributed by atoms with van der Waals surface area (Å²) in [4.78, 5) is 10.5. The summed E-state index contributed by atoms with van der Waals surface area (Å²) in [5, 5.41) is 12.2. The molecule has 1 aromatic rings. The molecule has 1 rings (SSSR count). The van der Waals surface area contributed by atoms with Gasteiger partial charge in [-0.3, -0.25) is 4.79 Å². The number of aromatic hydroxyl groups is 1. The second-order valence-electron chi connectivity index (χ2n) is 3.05. The Kier molecular flexibility index (Phi) is 4.39. The van der Waals surface area contributed by atoms with Crippen molar-refractivity contribution in [1.82, 2.24) is 5.32 Å². The minimum absolute atomic E-state index is 0.00854. The molecule has 0 saturated carbocycles. The summed E-state index contributed by atoms with van der Waals surface area (Å²) in [5.41, 5.74) is 1.02. The number of aldehydes is 1. The van der Waals surface area contributed by atoms with E-state index in [0.29, 0.717) is 6.29 Å². The maximum absolute atomic E-state index is 10.5. The van der Waals surface area contributed by atoms with Crippen LogP contribution in [0.5, 0.6) is 5.75 Å². The molecule has 0 saturated heterocycles. The van der Waals surface area contributed by atoms with Crippen molar-refractivity contribution in [3.63, 3.8) is 0 Å². The molecule has 0 aliphatic rings. The third kappa shape index (κ3) is 3.45. The lowest BCUT2D eigenvalue weighted by Crippen LogP contribution is -2.05. The van der Waals surface area contributed by atoms with Gasteiger partial charge in [0.2, 0.25) is 0 Å². The molecule has 15 heavy (non-hydrogen) atoms. The van der Waals surface area contributed by atoms with Gasteiger partial charge in [0.1, 0.15) is 5.75 Å². The topological polar surface area (TPSA) is 49.3 Å². The van der Waals surface area contributed by atoms with E-state index in [2.05, 4.69) is 17.2 Å². The van der Waals surface area contributed by atoms with Gasteiger partial charge in [-0.05, 0) is 25.2 Å². The van der Waals surface area contributed by atoms with Gasteiger partial charge in [-0.25, -0.2) is 0 Å².